The van der Waals surface area contributed by atoms with Crippen LogP contribution in [0, 0.1) is 0 Å². The van der Waals surface area contributed by atoms with E-state index in [1.54, 1.807) is 0 Å². The van der Waals surface area contributed by atoms with Gasteiger partial charge in [0.1, 0.15) is 0 Å². The number of hydrogen-bond acceptors (Lipinski definition) is 3. The molecule has 0 radical (unpaired) electrons. The Labute approximate surface area is 91.7 Å². The van der Waals surface area contributed by atoms with E-state index in [0.29, 0.717) is 0 Å². The van der Waals surface area contributed by atoms with Crippen molar-refractivity contribution in [3.63, 3.8) is 0 Å². The lowest BCUT2D eigenvalue weighted by Gasteiger charge is -2.18. The molecule has 3 heteroatoms. The molecule has 0 heterocycles. The first kappa shape index (κ1) is 12.2. The Hall–Kier alpha value is -0.900. The van der Waals surface area contributed by atoms with Gasteiger partial charge in [-0.05, 0) is 19.7 Å². The molecule has 0 aromatic heterocycles. The SMILES string of the molecule is CN(C)CCNC(CO)c1ccccc1. The molecule has 1 aromatic carbocycles. The largest absolute Gasteiger partial charge is 0.394 e. The summed E-state index contributed by atoms with van der Waals surface area (Å²) in [6.07, 6.45) is 0. The second-order valence-electron chi connectivity index (χ2n) is 3.90. The van der Waals surface area contributed by atoms with Crippen LogP contribution in [0.15, 0.2) is 30.3 Å². The van der Waals surface area contributed by atoms with E-state index in [4.69, 9.17) is 0 Å². The van der Waals surface area contributed by atoms with Gasteiger partial charge in [-0.15, -0.1) is 0 Å². The van der Waals surface area contributed by atoms with Gasteiger partial charge in [0.25, 0.3) is 0 Å². The summed E-state index contributed by atoms with van der Waals surface area (Å²) in [5.74, 6) is 0. The zero-order chi connectivity index (χ0) is 11.1. The van der Waals surface area contributed by atoms with E-state index in [2.05, 4.69) is 10.2 Å². The van der Waals surface area contributed by atoms with Crippen molar-refractivity contribution in [3.05, 3.63) is 35.9 Å². The van der Waals surface area contributed by atoms with Crippen LogP contribution in [0.1, 0.15) is 11.6 Å². The van der Waals surface area contributed by atoms with Crippen molar-refractivity contribution in [1.29, 1.82) is 0 Å². The summed E-state index contributed by atoms with van der Waals surface area (Å²) < 4.78 is 0. The first-order valence-electron chi connectivity index (χ1n) is 5.28. The fourth-order valence-corrected chi connectivity index (χ4v) is 1.44. The highest BCUT2D eigenvalue weighted by Crippen LogP contribution is 2.10. The van der Waals surface area contributed by atoms with E-state index in [1.807, 2.05) is 44.4 Å². The number of nitrogens with one attached hydrogen (secondary N) is 1. The van der Waals surface area contributed by atoms with E-state index < -0.39 is 0 Å². The molecule has 3 nitrogen and oxygen atoms in total. The van der Waals surface area contributed by atoms with Crippen molar-refractivity contribution in [2.24, 2.45) is 0 Å². The number of hydrogen-bond donors (Lipinski definition) is 2. The van der Waals surface area contributed by atoms with Gasteiger partial charge in [-0.25, -0.2) is 0 Å². The highest BCUT2D eigenvalue weighted by atomic mass is 16.3. The molecule has 1 unspecified atom stereocenters. The van der Waals surface area contributed by atoms with Crippen molar-refractivity contribution >= 4 is 0 Å². The summed E-state index contributed by atoms with van der Waals surface area (Å²) in [6.45, 7) is 1.99. The molecule has 0 amide bonds. The molecule has 84 valence electrons. The molecule has 0 bridgehead atoms. The molecule has 1 atom stereocenters. The zero-order valence-electron chi connectivity index (χ0n) is 9.48. The number of benzene rings is 1. The summed E-state index contributed by atoms with van der Waals surface area (Å²) in [5.41, 5.74) is 1.14. The molecular formula is C12H20N2O. The average Bonchev–Trinajstić information content (AvgIpc) is 2.25. The van der Waals surface area contributed by atoms with Crippen molar-refractivity contribution < 1.29 is 5.11 Å². The third kappa shape index (κ3) is 4.42. The zero-order valence-corrected chi connectivity index (χ0v) is 9.48. The molecule has 0 fully saturated rings. The second-order valence-corrected chi connectivity index (χ2v) is 3.90. The summed E-state index contributed by atoms with van der Waals surface area (Å²) in [4.78, 5) is 2.12. The Morgan fingerprint density at radius 3 is 2.47 bits per heavy atom. The van der Waals surface area contributed by atoms with Crippen molar-refractivity contribution in [2.45, 2.75) is 6.04 Å². The maximum Gasteiger partial charge on any atom is 0.0626 e. The van der Waals surface area contributed by atoms with Gasteiger partial charge in [0.2, 0.25) is 0 Å². The first-order chi connectivity index (χ1) is 7.24. The summed E-state index contributed by atoms with van der Waals surface area (Å²) in [6, 6.07) is 10.1. The number of rotatable bonds is 6. The van der Waals surface area contributed by atoms with Crippen molar-refractivity contribution in [3.8, 4) is 0 Å². The van der Waals surface area contributed by atoms with Crippen LogP contribution < -0.4 is 5.32 Å². The molecule has 0 aliphatic heterocycles. The predicted molar refractivity (Wildman–Crippen MR) is 62.8 cm³/mol. The molecule has 1 aromatic rings. The van der Waals surface area contributed by atoms with Crippen LogP contribution in [0.25, 0.3) is 0 Å². The quantitative estimate of drug-likeness (QED) is 0.728. The van der Waals surface area contributed by atoms with Crippen LogP contribution >= 0.6 is 0 Å². The van der Waals surface area contributed by atoms with Crippen LogP contribution in [-0.4, -0.2) is 43.8 Å². The molecule has 0 saturated carbocycles. The normalized spacial score (nSPS) is 13.1. The van der Waals surface area contributed by atoms with E-state index >= 15 is 0 Å². The van der Waals surface area contributed by atoms with Crippen LogP contribution in [0.2, 0.25) is 0 Å². The van der Waals surface area contributed by atoms with Gasteiger partial charge in [-0.1, -0.05) is 30.3 Å². The maximum absolute atomic E-state index is 9.27. The third-order valence-electron chi connectivity index (χ3n) is 2.33. The Bertz CT molecular complexity index is 262. The van der Waals surface area contributed by atoms with Gasteiger partial charge in [-0.2, -0.15) is 0 Å². The van der Waals surface area contributed by atoms with Crippen LogP contribution in [-0.2, 0) is 0 Å². The average molecular weight is 208 g/mol. The maximum atomic E-state index is 9.27. The van der Waals surface area contributed by atoms with Crippen LogP contribution in [0.4, 0.5) is 0 Å². The highest BCUT2D eigenvalue weighted by molar-refractivity contribution is 5.18. The molecule has 0 aliphatic carbocycles. The minimum atomic E-state index is 0.0474. The van der Waals surface area contributed by atoms with E-state index in [9.17, 15) is 5.11 Å². The van der Waals surface area contributed by atoms with E-state index in [-0.39, 0.29) is 12.6 Å². The summed E-state index contributed by atoms with van der Waals surface area (Å²) in [5, 5.41) is 12.6. The van der Waals surface area contributed by atoms with Crippen LogP contribution in [0.5, 0.6) is 0 Å². The fourth-order valence-electron chi connectivity index (χ4n) is 1.44. The number of likely N-dealkylation sites (N-methyl/N-ethyl adjacent to an activating group) is 1. The molecule has 0 aliphatic rings. The first-order valence-corrected chi connectivity index (χ1v) is 5.28. The van der Waals surface area contributed by atoms with E-state index in [0.717, 1.165) is 18.7 Å². The number of nitrogens with zero attached hydrogens (tertiary/aromatic N) is 1. The number of aliphatic hydroxyl groups is 1. The van der Waals surface area contributed by atoms with Gasteiger partial charge in [0, 0.05) is 13.1 Å². The monoisotopic (exact) mass is 208 g/mol. The smallest absolute Gasteiger partial charge is 0.0626 e. The Balaban J connectivity index is 2.43. The molecule has 2 N–H and O–H groups in total. The molecule has 15 heavy (non-hydrogen) atoms. The standard InChI is InChI=1S/C12H20N2O/c1-14(2)9-8-13-12(10-15)11-6-4-3-5-7-11/h3-7,12-13,15H,8-10H2,1-2H3. The summed E-state index contributed by atoms with van der Waals surface area (Å²) >= 11 is 0. The predicted octanol–water partition coefficient (Wildman–Crippen LogP) is 0.871. The topological polar surface area (TPSA) is 35.5 Å². The minimum Gasteiger partial charge on any atom is -0.394 e. The van der Waals surface area contributed by atoms with Gasteiger partial charge in [0.15, 0.2) is 0 Å². The molecule has 0 spiro atoms. The Morgan fingerprint density at radius 1 is 1.27 bits per heavy atom. The van der Waals surface area contributed by atoms with E-state index in [1.165, 1.54) is 0 Å². The lowest BCUT2D eigenvalue weighted by molar-refractivity contribution is 0.240. The highest BCUT2D eigenvalue weighted by Gasteiger charge is 2.07. The van der Waals surface area contributed by atoms with Crippen LogP contribution in [0.3, 0.4) is 0 Å². The van der Waals surface area contributed by atoms with Gasteiger partial charge in [0.05, 0.1) is 12.6 Å². The lowest BCUT2D eigenvalue weighted by atomic mass is 10.1. The third-order valence-corrected chi connectivity index (χ3v) is 2.33. The molecule has 1 rings (SSSR count). The number of aliphatic hydroxyl groups excluding tert-OH is 1. The van der Waals surface area contributed by atoms with Crippen molar-refractivity contribution in [1.82, 2.24) is 10.2 Å². The summed E-state index contributed by atoms with van der Waals surface area (Å²) in [7, 11) is 4.08. The van der Waals surface area contributed by atoms with Gasteiger partial charge in [-0.3, -0.25) is 0 Å². The Morgan fingerprint density at radius 2 is 1.93 bits per heavy atom. The van der Waals surface area contributed by atoms with Crippen molar-refractivity contribution in [2.75, 3.05) is 33.8 Å². The fraction of sp³-hybridized carbons (Fsp3) is 0.500. The minimum absolute atomic E-state index is 0.0474. The molecular weight excluding hydrogens is 188 g/mol. The second kappa shape index (κ2) is 6.56. The molecule has 0 saturated heterocycles. The Kier molecular flexibility index (Phi) is 5.32. The van der Waals surface area contributed by atoms with Gasteiger partial charge < -0.3 is 15.3 Å². The lowest BCUT2D eigenvalue weighted by Crippen LogP contribution is -2.31. The van der Waals surface area contributed by atoms with Gasteiger partial charge >= 0.3 is 0 Å².